The third-order valence-corrected chi connectivity index (χ3v) is 30.3. The van der Waals surface area contributed by atoms with E-state index >= 15 is 0 Å². The smallest absolute Gasteiger partial charge is 0.0149 e. The summed E-state index contributed by atoms with van der Waals surface area (Å²) in [5.41, 5.74) is 4.87. The molecule has 0 aromatic carbocycles. The quantitative estimate of drug-likeness (QED) is 0.217. The highest BCUT2D eigenvalue weighted by Gasteiger charge is 2.60. The maximum absolute atomic E-state index is 2.75. The zero-order valence-corrected chi connectivity index (χ0v) is 35.5. The van der Waals surface area contributed by atoms with Gasteiger partial charge in [0.05, 0.1) is 0 Å². The largest absolute Gasteiger partial charge is 0.0989 e. The molecule has 0 spiro atoms. The van der Waals surface area contributed by atoms with Crippen LogP contribution in [0.1, 0.15) is 155 Å². The standard InChI is InChI=1S/C50H78P2/c1-27-3-45(25-51(47-37-9-29-5-30(11-37)12-38(47)10-29)48-39-13-31-6-32(15-39)16-40(48)14-31)46(4-28(27)2)26-52(49-41-17-33-7-34(19-41)20-42(49)18-33)50-43-21-35-8-36(23-43)24-44(50)22-35/h27-50H,3-26H2,1-2H3. The molecule has 17 fully saturated rings. The zero-order chi connectivity index (χ0) is 34.0. The fraction of sp³-hybridized carbons (Fsp3) is 1.00. The first-order valence-corrected chi connectivity index (χ1v) is 28.3. The van der Waals surface area contributed by atoms with Crippen molar-refractivity contribution in [2.45, 2.75) is 178 Å². The lowest BCUT2D eigenvalue weighted by Crippen LogP contribution is -2.54. The van der Waals surface area contributed by atoms with Gasteiger partial charge < -0.3 is 0 Å². The fourth-order valence-corrected chi connectivity index (χ4v) is 31.5. The molecule has 0 aromatic rings. The molecule has 0 amide bonds. The van der Waals surface area contributed by atoms with Crippen molar-refractivity contribution in [2.75, 3.05) is 12.3 Å². The summed E-state index contributed by atoms with van der Waals surface area (Å²) < 4.78 is 0. The monoisotopic (exact) mass is 741 g/mol. The Hall–Kier alpha value is 0.860. The van der Waals surface area contributed by atoms with Gasteiger partial charge in [-0.1, -0.05) is 29.7 Å². The minimum absolute atomic E-state index is 0.190. The average Bonchev–Trinajstić information content (AvgIpc) is 3.08. The molecule has 16 bridgehead atoms. The van der Waals surface area contributed by atoms with Crippen molar-refractivity contribution in [3.05, 3.63) is 0 Å². The molecule has 0 N–H and O–H groups in total. The summed E-state index contributed by atoms with van der Waals surface area (Å²) in [6, 6.07) is 0. The summed E-state index contributed by atoms with van der Waals surface area (Å²) in [5.74, 6) is 22.9. The van der Waals surface area contributed by atoms with Crippen molar-refractivity contribution in [1.29, 1.82) is 0 Å². The average molecular weight is 741 g/mol. The van der Waals surface area contributed by atoms with E-state index in [1.165, 1.54) is 70.0 Å². The Morgan fingerprint density at radius 3 is 0.654 bits per heavy atom. The van der Waals surface area contributed by atoms with Gasteiger partial charge in [-0.2, -0.15) is 0 Å². The summed E-state index contributed by atoms with van der Waals surface area (Å²) in [5, 5.41) is 0. The van der Waals surface area contributed by atoms with Gasteiger partial charge in [0.1, 0.15) is 0 Å². The van der Waals surface area contributed by atoms with Crippen molar-refractivity contribution in [1.82, 2.24) is 0 Å². The van der Waals surface area contributed by atoms with Gasteiger partial charge in [0.25, 0.3) is 0 Å². The molecule has 0 heterocycles. The van der Waals surface area contributed by atoms with Crippen molar-refractivity contribution >= 4 is 15.8 Å². The molecule has 17 rings (SSSR count). The summed E-state index contributed by atoms with van der Waals surface area (Å²) in [7, 11) is 0.381. The van der Waals surface area contributed by atoms with E-state index in [2.05, 4.69) is 13.8 Å². The topological polar surface area (TPSA) is 0 Å². The number of hydrogen-bond acceptors (Lipinski definition) is 0. The molecule has 17 aliphatic carbocycles. The van der Waals surface area contributed by atoms with Gasteiger partial charge in [0, 0.05) is 0 Å². The maximum Gasteiger partial charge on any atom is -0.0149 e. The van der Waals surface area contributed by atoms with Crippen molar-refractivity contribution in [3.63, 3.8) is 0 Å². The van der Waals surface area contributed by atoms with E-state index in [0.717, 1.165) is 71.0 Å². The number of hydrogen-bond donors (Lipinski definition) is 0. The third-order valence-electron chi connectivity index (χ3n) is 22.1. The molecule has 17 aliphatic rings. The van der Waals surface area contributed by atoms with Gasteiger partial charge in [-0.05, 0) is 295 Å². The summed E-state index contributed by atoms with van der Waals surface area (Å²) in [6.07, 6.45) is 40.5. The van der Waals surface area contributed by atoms with Crippen LogP contribution in [0.15, 0.2) is 0 Å². The number of rotatable bonds is 8. The molecule has 2 heteroatoms. The fourth-order valence-electron chi connectivity index (χ4n) is 21.4. The highest BCUT2D eigenvalue weighted by atomic mass is 31.1. The molecule has 288 valence electrons. The predicted molar refractivity (Wildman–Crippen MR) is 221 cm³/mol. The molecule has 17 saturated carbocycles. The van der Waals surface area contributed by atoms with Crippen LogP contribution >= 0.6 is 15.8 Å². The molecule has 52 heavy (non-hydrogen) atoms. The van der Waals surface area contributed by atoms with E-state index in [9.17, 15) is 0 Å². The lowest BCUT2D eigenvalue weighted by atomic mass is 9.55. The minimum atomic E-state index is 0.190. The van der Waals surface area contributed by atoms with E-state index in [1.807, 2.05) is 0 Å². The molecule has 0 aromatic heterocycles. The van der Waals surface area contributed by atoms with Gasteiger partial charge in [-0.15, -0.1) is 0 Å². The summed E-state index contributed by atoms with van der Waals surface area (Å²) in [6.45, 7) is 5.50. The molecule has 0 aliphatic heterocycles. The highest BCUT2D eigenvalue weighted by molar-refractivity contribution is 7.59. The normalized spacial score (nSPS) is 62.7. The molecule has 0 nitrogen and oxygen atoms in total. The molecule has 4 unspecified atom stereocenters. The first-order chi connectivity index (χ1) is 25.4. The Morgan fingerprint density at radius 1 is 0.269 bits per heavy atom. The Morgan fingerprint density at radius 2 is 0.462 bits per heavy atom. The Labute approximate surface area is 323 Å². The molecule has 0 saturated heterocycles. The second-order valence-corrected chi connectivity index (χ2v) is 30.2. The van der Waals surface area contributed by atoms with Gasteiger partial charge in [0.15, 0.2) is 0 Å². The van der Waals surface area contributed by atoms with Gasteiger partial charge >= 0.3 is 0 Å². The second-order valence-electron chi connectivity index (χ2n) is 25.0. The Bertz CT molecular complexity index is 1070. The molecular formula is C50H78P2. The van der Waals surface area contributed by atoms with Gasteiger partial charge in [0.2, 0.25) is 0 Å². The maximum atomic E-state index is 2.75. The van der Waals surface area contributed by atoms with E-state index in [4.69, 9.17) is 0 Å². The zero-order valence-electron chi connectivity index (χ0n) is 33.7. The highest BCUT2D eigenvalue weighted by Crippen LogP contribution is 2.75. The van der Waals surface area contributed by atoms with E-state index in [0.29, 0.717) is 0 Å². The first-order valence-electron chi connectivity index (χ1n) is 24.9. The van der Waals surface area contributed by atoms with E-state index in [1.54, 1.807) is 154 Å². The predicted octanol–water partition coefficient (Wildman–Crippen LogP) is 13.5. The SMILES string of the molecule is CC1CC(CP(C2C3CC4CC(C3)CC2C4)C2C3CC4CC(C3)CC2C4)C(CP(C2C3CC4CC(C3)CC2C4)C2C3CC4CC(C3)CC2C4)CC1C. The molecule has 0 radical (unpaired) electrons. The summed E-state index contributed by atoms with van der Waals surface area (Å²) >= 11 is 0. The van der Waals surface area contributed by atoms with Crippen LogP contribution in [0.25, 0.3) is 0 Å². The molecule has 4 atom stereocenters. The lowest BCUT2D eigenvalue weighted by molar-refractivity contribution is 0.0117. The van der Waals surface area contributed by atoms with Crippen LogP contribution < -0.4 is 0 Å². The van der Waals surface area contributed by atoms with Crippen molar-refractivity contribution < 1.29 is 0 Å². The molecular weight excluding hydrogens is 662 g/mol. The van der Waals surface area contributed by atoms with Crippen molar-refractivity contribution in [3.8, 4) is 0 Å². The third kappa shape index (κ3) is 5.41. The Kier molecular flexibility index (Phi) is 8.24. The van der Waals surface area contributed by atoms with Crippen LogP contribution in [0.4, 0.5) is 0 Å². The van der Waals surface area contributed by atoms with E-state index < -0.39 is 0 Å². The second kappa shape index (κ2) is 12.7. The van der Waals surface area contributed by atoms with Crippen LogP contribution in [0.2, 0.25) is 0 Å². The van der Waals surface area contributed by atoms with Gasteiger partial charge in [-0.25, -0.2) is 0 Å². The van der Waals surface area contributed by atoms with Crippen molar-refractivity contribution in [2.24, 2.45) is 118 Å². The van der Waals surface area contributed by atoms with E-state index in [-0.39, 0.29) is 15.8 Å². The van der Waals surface area contributed by atoms with Crippen LogP contribution in [0.5, 0.6) is 0 Å². The lowest BCUT2D eigenvalue weighted by Gasteiger charge is -2.63. The Balaban J connectivity index is 0.851. The van der Waals surface area contributed by atoms with Crippen LogP contribution in [-0.2, 0) is 0 Å². The van der Waals surface area contributed by atoms with Crippen LogP contribution in [0.3, 0.4) is 0 Å². The minimum Gasteiger partial charge on any atom is -0.0989 e. The van der Waals surface area contributed by atoms with Crippen LogP contribution in [-0.4, -0.2) is 35.0 Å². The van der Waals surface area contributed by atoms with Crippen LogP contribution in [0, 0.1) is 118 Å². The first kappa shape index (κ1) is 33.8. The van der Waals surface area contributed by atoms with Gasteiger partial charge in [-0.3, -0.25) is 0 Å². The summed E-state index contributed by atoms with van der Waals surface area (Å²) in [4.78, 5) is 0.